The maximum Gasteiger partial charge on any atom is -0.0195 e. The van der Waals surface area contributed by atoms with E-state index in [0.29, 0.717) is 0 Å². The molecule has 2 N–H and O–H groups in total. The van der Waals surface area contributed by atoms with Crippen LogP contribution in [0.25, 0.3) is 0 Å². The molecule has 0 atom stereocenters. The molecule has 0 aromatic heterocycles. The Balaban J connectivity index is 0. The molecule has 0 aromatic carbocycles. The molecule has 15 heavy (non-hydrogen) atoms. The summed E-state index contributed by atoms with van der Waals surface area (Å²) in [5.74, 6) is 0. The minimum atomic E-state index is -0.839. The van der Waals surface area contributed by atoms with Gasteiger partial charge >= 0.3 is 92.4 Å². The normalized spacial score (nSPS) is 9.40. The third-order valence-corrected chi connectivity index (χ3v) is 11.7. The van der Waals surface area contributed by atoms with E-state index in [2.05, 4.69) is 26.5 Å². The Bertz CT molecular complexity index is 77.5. The van der Waals surface area contributed by atoms with Gasteiger partial charge < -0.3 is 5.73 Å². The molecule has 2 heteroatoms. The van der Waals surface area contributed by atoms with Crippen LogP contribution in [-0.2, 0) is 0 Å². The molecule has 0 unspecified atom stereocenters. The summed E-state index contributed by atoms with van der Waals surface area (Å²) in [7, 11) is 1.50. The minimum Gasteiger partial charge on any atom is -0.333 e. The molecular weight excluding hydrogens is 289 g/mol. The van der Waals surface area contributed by atoms with Crippen LogP contribution in [0.4, 0.5) is 0 Å². The average molecular weight is 321 g/mol. The van der Waals surface area contributed by atoms with Crippen LogP contribution in [-0.4, -0.2) is 26.8 Å². The van der Waals surface area contributed by atoms with Crippen molar-refractivity contribution in [2.75, 3.05) is 7.05 Å². The van der Waals surface area contributed by atoms with E-state index in [-0.39, 0.29) is 0 Å². The van der Waals surface area contributed by atoms with Crippen LogP contribution in [0.3, 0.4) is 0 Å². The van der Waals surface area contributed by atoms with Crippen LogP contribution < -0.4 is 5.73 Å². The Hall–Kier alpha value is 0.759. The molecule has 92 valence electrons. The third kappa shape index (κ3) is 14.8. The Labute approximate surface area is 105 Å². The van der Waals surface area contributed by atoms with Gasteiger partial charge in [-0.3, -0.25) is 0 Å². The molecule has 0 bridgehead atoms. The molecule has 0 aliphatic rings. The second kappa shape index (κ2) is 17.2. The fraction of sp³-hybridized carbons (Fsp3) is 1.00. The standard InChI is InChI=1S/3C4H9.CH5N.Sn/c3*1-3-4-2;1-2;/h3*1,3-4H2,2H3;2H2,1H3;/q;;;;+1. The van der Waals surface area contributed by atoms with Gasteiger partial charge in [-0.25, -0.2) is 0 Å². The van der Waals surface area contributed by atoms with Crippen molar-refractivity contribution < 1.29 is 0 Å². The number of hydrogen-bond acceptors (Lipinski definition) is 1. The van der Waals surface area contributed by atoms with Gasteiger partial charge in [-0.1, -0.05) is 0 Å². The largest absolute Gasteiger partial charge is 0.333 e. The smallest absolute Gasteiger partial charge is 0.0195 e. The first kappa shape index (κ1) is 18.1. The maximum absolute atomic E-state index is 4.50. The molecule has 0 aliphatic heterocycles. The molecule has 0 aromatic rings. The van der Waals surface area contributed by atoms with Crippen molar-refractivity contribution in [3.8, 4) is 0 Å². The second-order valence-electron chi connectivity index (χ2n) is 4.06. The predicted molar refractivity (Wildman–Crippen MR) is 75.0 cm³/mol. The zero-order valence-electron chi connectivity index (χ0n) is 11.4. The quantitative estimate of drug-likeness (QED) is 0.624. The summed E-state index contributed by atoms with van der Waals surface area (Å²) in [6.07, 6.45) is 8.85. The first-order valence-electron chi connectivity index (χ1n) is 6.76. The molecule has 0 fully saturated rings. The van der Waals surface area contributed by atoms with E-state index < -0.39 is 19.8 Å². The van der Waals surface area contributed by atoms with Crippen LogP contribution in [0.15, 0.2) is 0 Å². The Kier molecular flexibility index (Phi) is 20.7. The molecule has 0 heterocycles. The second-order valence-corrected chi connectivity index (χ2v) is 12.6. The molecular formula is C13H32NSn+. The van der Waals surface area contributed by atoms with Gasteiger partial charge in [-0.2, -0.15) is 0 Å². The summed E-state index contributed by atoms with van der Waals surface area (Å²) in [5.41, 5.74) is 4.50. The van der Waals surface area contributed by atoms with Gasteiger partial charge in [0.15, 0.2) is 0 Å². The zero-order valence-corrected chi connectivity index (χ0v) is 14.3. The van der Waals surface area contributed by atoms with Crippen molar-refractivity contribution in [1.29, 1.82) is 0 Å². The van der Waals surface area contributed by atoms with E-state index in [1.54, 1.807) is 13.3 Å². The molecule has 0 saturated heterocycles. The zero-order chi connectivity index (χ0) is 11.9. The van der Waals surface area contributed by atoms with Gasteiger partial charge in [-0.15, -0.1) is 0 Å². The Morgan fingerprint density at radius 2 is 0.933 bits per heavy atom. The molecule has 1 nitrogen and oxygen atoms in total. The summed E-state index contributed by atoms with van der Waals surface area (Å²) in [6, 6.07) is 0. The SMILES string of the molecule is CCC[CH2][Sn+]([CH2]CCC)[CH2]CCC.CN. The van der Waals surface area contributed by atoms with Gasteiger partial charge in [0.25, 0.3) is 0 Å². The molecule has 0 aliphatic carbocycles. The van der Waals surface area contributed by atoms with Crippen molar-refractivity contribution in [3.05, 3.63) is 0 Å². The van der Waals surface area contributed by atoms with E-state index >= 15 is 0 Å². The first-order valence-corrected chi connectivity index (χ1v) is 12.8. The number of hydrogen-bond donors (Lipinski definition) is 1. The summed E-state index contributed by atoms with van der Waals surface area (Å²) in [5, 5.41) is 0. The van der Waals surface area contributed by atoms with Gasteiger partial charge in [0.2, 0.25) is 0 Å². The minimum absolute atomic E-state index is 0.839. The van der Waals surface area contributed by atoms with Crippen molar-refractivity contribution >= 4 is 19.8 Å². The van der Waals surface area contributed by atoms with Crippen molar-refractivity contribution in [2.24, 2.45) is 5.73 Å². The van der Waals surface area contributed by atoms with E-state index in [1.165, 1.54) is 45.6 Å². The van der Waals surface area contributed by atoms with E-state index in [1.807, 2.05) is 0 Å². The molecule has 0 spiro atoms. The molecule has 0 saturated carbocycles. The summed E-state index contributed by atoms with van der Waals surface area (Å²) >= 11 is -0.839. The van der Waals surface area contributed by atoms with Crippen molar-refractivity contribution in [2.45, 2.75) is 72.6 Å². The van der Waals surface area contributed by atoms with Gasteiger partial charge in [0.05, 0.1) is 0 Å². The number of unbranched alkanes of at least 4 members (excludes halogenated alkanes) is 3. The Morgan fingerprint density at radius 1 is 0.667 bits per heavy atom. The third-order valence-electron chi connectivity index (χ3n) is 2.65. The summed E-state index contributed by atoms with van der Waals surface area (Å²) < 4.78 is 5.04. The number of nitrogens with two attached hydrogens (primary N) is 1. The van der Waals surface area contributed by atoms with Gasteiger partial charge in [0, 0.05) is 0 Å². The monoisotopic (exact) mass is 322 g/mol. The van der Waals surface area contributed by atoms with Crippen LogP contribution >= 0.6 is 0 Å². The average Bonchev–Trinajstić information content (AvgIpc) is 2.31. The molecule has 0 rings (SSSR count). The molecule has 0 amide bonds. The maximum atomic E-state index is 4.50. The van der Waals surface area contributed by atoms with Crippen LogP contribution in [0.2, 0.25) is 13.3 Å². The van der Waals surface area contributed by atoms with Crippen LogP contribution in [0, 0.1) is 0 Å². The molecule has 0 radical (unpaired) electrons. The van der Waals surface area contributed by atoms with Gasteiger partial charge in [0.1, 0.15) is 0 Å². The van der Waals surface area contributed by atoms with E-state index in [4.69, 9.17) is 0 Å². The first-order chi connectivity index (χ1) is 7.35. The summed E-state index contributed by atoms with van der Waals surface area (Å²) in [6.45, 7) is 7.00. The van der Waals surface area contributed by atoms with Crippen LogP contribution in [0.1, 0.15) is 59.3 Å². The van der Waals surface area contributed by atoms with Crippen molar-refractivity contribution in [3.63, 3.8) is 0 Å². The Morgan fingerprint density at radius 3 is 1.13 bits per heavy atom. The fourth-order valence-corrected chi connectivity index (χ4v) is 11.1. The van der Waals surface area contributed by atoms with Crippen molar-refractivity contribution in [1.82, 2.24) is 0 Å². The topological polar surface area (TPSA) is 26.0 Å². The van der Waals surface area contributed by atoms with Crippen LogP contribution in [0.5, 0.6) is 0 Å². The van der Waals surface area contributed by atoms with E-state index in [0.717, 1.165) is 0 Å². The fourth-order valence-electron chi connectivity index (χ4n) is 1.66. The predicted octanol–water partition coefficient (Wildman–Crippen LogP) is 4.46. The summed E-state index contributed by atoms with van der Waals surface area (Å²) in [4.78, 5) is 0. The number of rotatable bonds is 9. The van der Waals surface area contributed by atoms with E-state index in [9.17, 15) is 0 Å². The van der Waals surface area contributed by atoms with Gasteiger partial charge in [-0.05, 0) is 7.05 Å².